The number of morpholine rings is 1. The molecule has 3 aliphatic rings. The Morgan fingerprint density at radius 3 is 2.29 bits per heavy atom. The number of benzene rings is 1. The SMILES string of the molecule is O=C(O)N1CCCC2(C1)CN(C(=O)c1ccccc1)CC1(CC1)O2. The molecule has 4 rings (SSSR count). The van der Waals surface area contributed by atoms with Gasteiger partial charge in [0.05, 0.1) is 25.2 Å². The lowest BCUT2D eigenvalue weighted by atomic mass is 9.89. The third-order valence-corrected chi connectivity index (χ3v) is 5.32. The van der Waals surface area contributed by atoms with Crippen molar-refractivity contribution in [2.75, 3.05) is 26.2 Å². The molecule has 2 aliphatic heterocycles. The highest BCUT2D eigenvalue weighted by Gasteiger charge is 2.57. The molecule has 3 fully saturated rings. The van der Waals surface area contributed by atoms with E-state index in [0.717, 1.165) is 25.7 Å². The molecule has 2 spiro atoms. The summed E-state index contributed by atoms with van der Waals surface area (Å²) in [4.78, 5) is 27.6. The van der Waals surface area contributed by atoms with E-state index < -0.39 is 11.7 Å². The molecule has 1 unspecified atom stereocenters. The minimum atomic E-state index is -0.908. The lowest BCUT2D eigenvalue weighted by Gasteiger charge is -2.50. The number of carbonyl (C=O) groups is 2. The Morgan fingerprint density at radius 1 is 0.958 bits per heavy atom. The summed E-state index contributed by atoms with van der Waals surface area (Å²) in [7, 11) is 0. The maximum absolute atomic E-state index is 12.9. The predicted octanol–water partition coefficient (Wildman–Crippen LogP) is 2.20. The summed E-state index contributed by atoms with van der Waals surface area (Å²) in [6.07, 6.45) is 2.56. The lowest BCUT2D eigenvalue weighted by molar-refractivity contribution is -0.179. The standard InChI is InChI=1S/C18H22N2O4/c21-15(14-5-2-1-3-6-14)20-11-17(8-9-17)24-18(13-20)7-4-10-19(12-18)16(22)23/h1-3,5-6H,4,7-13H2,(H,22,23). The Kier molecular flexibility index (Phi) is 3.53. The highest BCUT2D eigenvalue weighted by Crippen LogP contribution is 2.48. The number of hydrogen-bond donors (Lipinski definition) is 1. The van der Waals surface area contributed by atoms with E-state index in [1.165, 1.54) is 4.90 Å². The van der Waals surface area contributed by atoms with Gasteiger partial charge in [-0.3, -0.25) is 4.79 Å². The fourth-order valence-corrected chi connectivity index (χ4v) is 4.06. The van der Waals surface area contributed by atoms with Crippen molar-refractivity contribution in [3.8, 4) is 0 Å². The van der Waals surface area contributed by atoms with Crippen LogP contribution in [0, 0.1) is 0 Å². The van der Waals surface area contributed by atoms with E-state index in [-0.39, 0.29) is 11.5 Å². The van der Waals surface area contributed by atoms with Crippen LogP contribution in [0.15, 0.2) is 30.3 Å². The van der Waals surface area contributed by atoms with Gasteiger partial charge >= 0.3 is 6.09 Å². The third kappa shape index (κ3) is 2.75. The number of amides is 2. The van der Waals surface area contributed by atoms with Gasteiger partial charge in [-0.1, -0.05) is 18.2 Å². The lowest BCUT2D eigenvalue weighted by Crippen LogP contribution is -2.64. The van der Waals surface area contributed by atoms with Gasteiger partial charge in [-0.2, -0.15) is 0 Å². The van der Waals surface area contributed by atoms with Crippen LogP contribution in [0.1, 0.15) is 36.0 Å². The summed E-state index contributed by atoms with van der Waals surface area (Å²) in [5, 5.41) is 9.34. The maximum Gasteiger partial charge on any atom is 0.407 e. The van der Waals surface area contributed by atoms with Gasteiger partial charge in [-0.25, -0.2) is 4.79 Å². The summed E-state index contributed by atoms with van der Waals surface area (Å²) >= 11 is 0. The molecular formula is C18H22N2O4. The van der Waals surface area contributed by atoms with Gasteiger partial charge in [0.15, 0.2) is 0 Å². The zero-order chi connectivity index (χ0) is 16.8. The fraction of sp³-hybridized carbons (Fsp3) is 0.556. The number of piperidine rings is 1. The highest BCUT2D eigenvalue weighted by atomic mass is 16.5. The zero-order valence-electron chi connectivity index (χ0n) is 13.6. The Labute approximate surface area is 141 Å². The molecule has 24 heavy (non-hydrogen) atoms. The minimum absolute atomic E-state index is 0.0111. The van der Waals surface area contributed by atoms with Gasteiger partial charge < -0.3 is 19.6 Å². The quantitative estimate of drug-likeness (QED) is 0.857. The topological polar surface area (TPSA) is 70.1 Å². The summed E-state index contributed by atoms with van der Waals surface area (Å²) in [6.45, 7) is 1.96. The van der Waals surface area contributed by atoms with Gasteiger partial charge in [0.25, 0.3) is 5.91 Å². The van der Waals surface area contributed by atoms with Crippen LogP contribution in [-0.4, -0.2) is 64.3 Å². The van der Waals surface area contributed by atoms with Crippen molar-refractivity contribution in [3.05, 3.63) is 35.9 Å². The molecule has 1 aliphatic carbocycles. The van der Waals surface area contributed by atoms with Gasteiger partial charge in [-0.15, -0.1) is 0 Å². The first kappa shape index (κ1) is 15.4. The normalized spacial score (nSPS) is 28.2. The van der Waals surface area contributed by atoms with Crippen LogP contribution >= 0.6 is 0 Å². The Balaban J connectivity index is 1.59. The molecule has 2 heterocycles. The van der Waals surface area contributed by atoms with Crippen LogP contribution < -0.4 is 0 Å². The van der Waals surface area contributed by atoms with Crippen LogP contribution in [0.25, 0.3) is 0 Å². The van der Waals surface area contributed by atoms with Crippen LogP contribution in [0.5, 0.6) is 0 Å². The van der Waals surface area contributed by atoms with E-state index in [4.69, 9.17) is 4.74 Å². The van der Waals surface area contributed by atoms with E-state index in [0.29, 0.717) is 31.7 Å². The third-order valence-electron chi connectivity index (χ3n) is 5.32. The number of carboxylic acid groups (broad SMARTS) is 1. The zero-order valence-corrected chi connectivity index (χ0v) is 13.6. The Bertz CT molecular complexity index is 658. The second kappa shape index (κ2) is 5.48. The molecule has 0 aromatic heterocycles. The van der Waals surface area contributed by atoms with Crippen LogP contribution in [0.2, 0.25) is 0 Å². The number of rotatable bonds is 1. The molecule has 1 atom stereocenters. The van der Waals surface area contributed by atoms with Gasteiger partial charge in [0.2, 0.25) is 0 Å². The maximum atomic E-state index is 12.9. The second-order valence-electron chi connectivity index (χ2n) is 7.30. The van der Waals surface area contributed by atoms with Crippen molar-refractivity contribution in [1.82, 2.24) is 9.80 Å². The molecule has 0 bridgehead atoms. The van der Waals surface area contributed by atoms with Crippen molar-refractivity contribution in [3.63, 3.8) is 0 Å². The molecule has 0 radical (unpaired) electrons. The number of nitrogens with zero attached hydrogens (tertiary/aromatic N) is 2. The molecule has 1 aromatic carbocycles. The number of carbonyl (C=O) groups excluding carboxylic acids is 1. The summed E-state index contributed by atoms with van der Waals surface area (Å²) < 4.78 is 6.41. The summed E-state index contributed by atoms with van der Waals surface area (Å²) in [5.74, 6) is 0.0111. The summed E-state index contributed by atoms with van der Waals surface area (Å²) in [6, 6.07) is 9.28. The van der Waals surface area contributed by atoms with Crippen molar-refractivity contribution < 1.29 is 19.4 Å². The molecule has 1 N–H and O–H groups in total. The molecule has 2 amide bonds. The van der Waals surface area contributed by atoms with E-state index >= 15 is 0 Å². The van der Waals surface area contributed by atoms with E-state index in [9.17, 15) is 14.7 Å². The minimum Gasteiger partial charge on any atom is -0.465 e. The number of likely N-dealkylation sites (tertiary alicyclic amines) is 1. The van der Waals surface area contributed by atoms with Crippen molar-refractivity contribution in [2.24, 2.45) is 0 Å². The van der Waals surface area contributed by atoms with Gasteiger partial charge in [0.1, 0.15) is 5.60 Å². The van der Waals surface area contributed by atoms with Crippen LogP contribution in [0.3, 0.4) is 0 Å². The van der Waals surface area contributed by atoms with E-state index in [1.807, 2.05) is 35.2 Å². The molecule has 6 heteroatoms. The van der Waals surface area contributed by atoms with Crippen LogP contribution in [0.4, 0.5) is 4.79 Å². The molecule has 1 saturated carbocycles. The van der Waals surface area contributed by atoms with Gasteiger partial charge in [0, 0.05) is 12.1 Å². The Morgan fingerprint density at radius 2 is 1.62 bits per heavy atom. The Hall–Kier alpha value is -2.08. The van der Waals surface area contributed by atoms with Gasteiger partial charge in [-0.05, 0) is 37.8 Å². The van der Waals surface area contributed by atoms with E-state index in [1.54, 1.807) is 0 Å². The average Bonchev–Trinajstić information content (AvgIpc) is 3.32. The smallest absolute Gasteiger partial charge is 0.407 e. The van der Waals surface area contributed by atoms with Crippen molar-refractivity contribution in [1.29, 1.82) is 0 Å². The first-order chi connectivity index (χ1) is 11.5. The number of ether oxygens (including phenoxy) is 1. The average molecular weight is 330 g/mol. The molecular weight excluding hydrogens is 308 g/mol. The largest absolute Gasteiger partial charge is 0.465 e. The van der Waals surface area contributed by atoms with E-state index in [2.05, 4.69) is 0 Å². The van der Waals surface area contributed by atoms with Crippen molar-refractivity contribution >= 4 is 12.0 Å². The second-order valence-corrected chi connectivity index (χ2v) is 7.30. The fourth-order valence-electron chi connectivity index (χ4n) is 4.06. The van der Waals surface area contributed by atoms with Crippen LogP contribution in [-0.2, 0) is 4.74 Å². The molecule has 2 saturated heterocycles. The predicted molar refractivity (Wildman–Crippen MR) is 87.0 cm³/mol. The molecule has 6 nitrogen and oxygen atoms in total. The monoisotopic (exact) mass is 330 g/mol. The first-order valence-corrected chi connectivity index (χ1v) is 8.53. The first-order valence-electron chi connectivity index (χ1n) is 8.53. The molecule has 128 valence electrons. The summed E-state index contributed by atoms with van der Waals surface area (Å²) in [5.41, 5.74) is -0.142. The van der Waals surface area contributed by atoms with Crippen molar-refractivity contribution in [2.45, 2.75) is 36.9 Å². The number of hydrogen-bond acceptors (Lipinski definition) is 3. The highest BCUT2D eigenvalue weighted by molar-refractivity contribution is 5.94. The molecule has 1 aromatic rings.